The number of anilines is 1. The van der Waals surface area contributed by atoms with Crippen LogP contribution in [0.25, 0.3) is 0 Å². The van der Waals surface area contributed by atoms with Crippen molar-refractivity contribution in [1.82, 2.24) is 0 Å². The molecule has 2 N–H and O–H groups in total. The highest BCUT2D eigenvalue weighted by atomic mass is 16.6. The molecule has 0 aliphatic heterocycles. The summed E-state index contributed by atoms with van der Waals surface area (Å²) in [6.07, 6.45) is 0. The van der Waals surface area contributed by atoms with Gasteiger partial charge in [0.2, 0.25) is 0 Å². The van der Waals surface area contributed by atoms with Gasteiger partial charge in [-0.1, -0.05) is 36.4 Å². The molecule has 1 unspecified atom stereocenters. The molecule has 6 nitrogen and oxygen atoms in total. The van der Waals surface area contributed by atoms with Gasteiger partial charge in [-0.25, -0.2) is 4.79 Å². The maximum absolute atomic E-state index is 11.4. The average molecular weight is 286 g/mol. The summed E-state index contributed by atoms with van der Waals surface area (Å²) in [6, 6.07) is 12.0. The summed E-state index contributed by atoms with van der Waals surface area (Å²) in [5, 5.41) is 23.1. The first-order valence-electron chi connectivity index (χ1n) is 6.28. The van der Waals surface area contributed by atoms with E-state index in [4.69, 9.17) is 0 Å². The van der Waals surface area contributed by atoms with Crippen molar-refractivity contribution in [2.45, 2.75) is 13.0 Å². The lowest BCUT2D eigenvalue weighted by atomic mass is 10.1. The van der Waals surface area contributed by atoms with Gasteiger partial charge < -0.3 is 10.4 Å². The minimum Gasteiger partial charge on any atom is -0.479 e. The van der Waals surface area contributed by atoms with Crippen molar-refractivity contribution in [2.75, 3.05) is 5.32 Å². The van der Waals surface area contributed by atoms with Crippen LogP contribution in [0.4, 0.5) is 11.4 Å². The third-order valence-corrected chi connectivity index (χ3v) is 3.03. The van der Waals surface area contributed by atoms with Crippen molar-refractivity contribution < 1.29 is 14.8 Å². The van der Waals surface area contributed by atoms with Gasteiger partial charge in [0.1, 0.15) is 5.69 Å². The fraction of sp³-hybridized carbons (Fsp3) is 0.133. The molecular weight excluding hydrogens is 272 g/mol. The van der Waals surface area contributed by atoms with Crippen molar-refractivity contribution in [3.05, 3.63) is 69.8 Å². The van der Waals surface area contributed by atoms with E-state index in [-0.39, 0.29) is 11.4 Å². The summed E-state index contributed by atoms with van der Waals surface area (Å²) >= 11 is 0. The second-order valence-electron chi connectivity index (χ2n) is 4.60. The molecule has 1 atom stereocenters. The lowest BCUT2D eigenvalue weighted by molar-refractivity contribution is -0.384. The second kappa shape index (κ2) is 6.04. The van der Waals surface area contributed by atoms with E-state index in [1.807, 2.05) is 0 Å². The first-order chi connectivity index (χ1) is 9.99. The minimum atomic E-state index is -1.10. The molecule has 0 spiro atoms. The quantitative estimate of drug-likeness (QED) is 0.650. The molecule has 2 aromatic rings. The van der Waals surface area contributed by atoms with E-state index in [9.17, 15) is 20.0 Å². The molecule has 0 bridgehead atoms. The Labute approximate surface area is 121 Å². The van der Waals surface area contributed by atoms with E-state index < -0.39 is 16.9 Å². The number of rotatable bonds is 5. The number of aliphatic carboxylic acids is 1. The summed E-state index contributed by atoms with van der Waals surface area (Å²) in [6.45, 7) is 1.78. The Morgan fingerprint density at radius 3 is 2.48 bits per heavy atom. The topological polar surface area (TPSA) is 92.5 Å². The Balaban J connectivity index is 2.40. The first kappa shape index (κ1) is 14.5. The van der Waals surface area contributed by atoms with Crippen LogP contribution in [0.3, 0.4) is 0 Å². The van der Waals surface area contributed by atoms with Crippen LogP contribution in [0.2, 0.25) is 0 Å². The molecule has 0 aliphatic carbocycles. The van der Waals surface area contributed by atoms with Crippen molar-refractivity contribution >= 4 is 17.3 Å². The molecule has 0 saturated heterocycles. The molecule has 0 heterocycles. The molecule has 2 aromatic carbocycles. The van der Waals surface area contributed by atoms with E-state index >= 15 is 0 Å². The van der Waals surface area contributed by atoms with Crippen LogP contribution in [-0.2, 0) is 4.79 Å². The number of hydrogen-bond acceptors (Lipinski definition) is 4. The molecule has 0 saturated carbocycles. The molecule has 0 aliphatic rings. The number of aryl methyl sites for hydroxylation is 1. The van der Waals surface area contributed by atoms with Gasteiger partial charge in [-0.2, -0.15) is 0 Å². The Kier molecular flexibility index (Phi) is 4.18. The highest BCUT2D eigenvalue weighted by molar-refractivity contribution is 5.80. The number of nitro groups is 1. The van der Waals surface area contributed by atoms with Gasteiger partial charge >= 0.3 is 5.97 Å². The normalized spacial score (nSPS) is 11.7. The van der Waals surface area contributed by atoms with E-state index in [0.29, 0.717) is 5.56 Å². The highest BCUT2D eigenvalue weighted by Gasteiger charge is 2.23. The van der Waals surface area contributed by atoms with Crippen LogP contribution in [0.5, 0.6) is 0 Å². The number of nitro benzene ring substituents is 1. The van der Waals surface area contributed by atoms with Gasteiger partial charge in [-0.15, -0.1) is 0 Å². The number of hydrogen-bond donors (Lipinski definition) is 2. The van der Waals surface area contributed by atoms with Crippen LogP contribution in [0.15, 0.2) is 48.5 Å². The van der Waals surface area contributed by atoms with E-state index in [2.05, 4.69) is 5.32 Å². The Bertz CT molecular complexity index is 671. The van der Waals surface area contributed by atoms with Crippen LogP contribution in [-0.4, -0.2) is 16.0 Å². The number of carboxylic acid groups (broad SMARTS) is 1. The lowest BCUT2D eigenvalue weighted by Gasteiger charge is -2.16. The minimum absolute atomic E-state index is 0.150. The largest absolute Gasteiger partial charge is 0.479 e. The zero-order chi connectivity index (χ0) is 15.4. The van der Waals surface area contributed by atoms with Crippen LogP contribution in [0.1, 0.15) is 17.2 Å². The Morgan fingerprint density at radius 1 is 1.24 bits per heavy atom. The van der Waals surface area contributed by atoms with Crippen LogP contribution < -0.4 is 5.32 Å². The predicted molar refractivity (Wildman–Crippen MR) is 78.3 cm³/mol. The van der Waals surface area contributed by atoms with Gasteiger partial charge in [0.05, 0.1) is 4.92 Å². The van der Waals surface area contributed by atoms with E-state index in [1.165, 1.54) is 6.07 Å². The molecule has 0 radical (unpaired) electrons. The molecule has 21 heavy (non-hydrogen) atoms. The second-order valence-corrected chi connectivity index (χ2v) is 4.60. The number of nitrogens with zero attached hydrogens (tertiary/aromatic N) is 1. The lowest BCUT2D eigenvalue weighted by Crippen LogP contribution is -2.21. The summed E-state index contributed by atoms with van der Waals surface area (Å²) < 4.78 is 0. The van der Waals surface area contributed by atoms with E-state index in [0.717, 1.165) is 5.56 Å². The van der Waals surface area contributed by atoms with Crippen molar-refractivity contribution in [1.29, 1.82) is 0 Å². The molecule has 108 valence electrons. The fourth-order valence-electron chi connectivity index (χ4n) is 2.01. The average Bonchev–Trinajstić information content (AvgIpc) is 2.45. The number of carbonyl (C=O) groups is 1. The maximum atomic E-state index is 11.4. The van der Waals surface area contributed by atoms with Crippen LogP contribution >= 0.6 is 0 Å². The van der Waals surface area contributed by atoms with E-state index in [1.54, 1.807) is 49.4 Å². The Hall–Kier alpha value is -2.89. The fourth-order valence-corrected chi connectivity index (χ4v) is 2.01. The van der Waals surface area contributed by atoms with Crippen molar-refractivity contribution in [2.24, 2.45) is 0 Å². The van der Waals surface area contributed by atoms with Gasteiger partial charge in [-0.3, -0.25) is 10.1 Å². The summed E-state index contributed by atoms with van der Waals surface area (Å²) in [5.41, 5.74) is 1.38. The SMILES string of the molecule is Cc1ccc([N+](=O)[O-])c(NC(C(=O)O)c2ccccc2)c1. The summed E-state index contributed by atoms with van der Waals surface area (Å²) in [7, 11) is 0. The summed E-state index contributed by atoms with van der Waals surface area (Å²) in [5.74, 6) is -1.10. The molecular formula is C15H14N2O4. The smallest absolute Gasteiger partial charge is 0.330 e. The van der Waals surface area contributed by atoms with Crippen molar-refractivity contribution in [3.8, 4) is 0 Å². The molecule has 2 rings (SSSR count). The summed E-state index contributed by atoms with van der Waals surface area (Å²) in [4.78, 5) is 21.9. The zero-order valence-corrected chi connectivity index (χ0v) is 11.3. The van der Waals surface area contributed by atoms with Gasteiger partial charge in [0, 0.05) is 6.07 Å². The highest BCUT2D eigenvalue weighted by Crippen LogP contribution is 2.29. The standard InChI is InChI=1S/C15H14N2O4/c1-10-7-8-13(17(20)21)12(9-10)16-14(15(18)19)11-5-3-2-4-6-11/h2-9,14,16H,1H3,(H,18,19). The first-order valence-corrected chi connectivity index (χ1v) is 6.28. The van der Waals surface area contributed by atoms with Gasteiger partial charge in [-0.05, 0) is 24.1 Å². The number of carboxylic acids is 1. The van der Waals surface area contributed by atoms with Gasteiger partial charge in [0.15, 0.2) is 6.04 Å². The van der Waals surface area contributed by atoms with Crippen LogP contribution in [0, 0.1) is 17.0 Å². The number of benzene rings is 2. The number of nitrogens with one attached hydrogen (secondary N) is 1. The third kappa shape index (κ3) is 3.36. The Morgan fingerprint density at radius 2 is 1.90 bits per heavy atom. The molecule has 0 fully saturated rings. The maximum Gasteiger partial charge on any atom is 0.330 e. The zero-order valence-electron chi connectivity index (χ0n) is 11.3. The monoisotopic (exact) mass is 286 g/mol. The molecule has 0 aromatic heterocycles. The third-order valence-electron chi connectivity index (χ3n) is 3.03. The van der Waals surface area contributed by atoms with Gasteiger partial charge in [0.25, 0.3) is 5.69 Å². The molecule has 6 heteroatoms. The predicted octanol–water partition coefficient (Wildman–Crippen LogP) is 3.14. The van der Waals surface area contributed by atoms with Crippen molar-refractivity contribution in [3.63, 3.8) is 0 Å². The molecule has 0 amide bonds.